The Labute approximate surface area is 316 Å². The second-order valence-corrected chi connectivity index (χ2v) is 15.1. The Bertz CT molecular complexity index is 3270. The summed E-state index contributed by atoms with van der Waals surface area (Å²) >= 11 is 1.86. The van der Waals surface area contributed by atoms with Crippen LogP contribution in [0.4, 0.5) is 11.4 Å². The molecule has 0 saturated carbocycles. The maximum atomic E-state index is 6.62. The van der Waals surface area contributed by atoms with E-state index in [0.717, 1.165) is 38.9 Å². The molecule has 2 nitrogen and oxygen atoms in total. The number of nitrogens with one attached hydrogen (secondary N) is 1. The SMILES string of the molecule is Cc1c(-c2cc3ccccc3c3ccccc23)cccc1-c1cccc2oc3cccc(Nc4ccccc4-c4cccc5c4sc4ccccc45)c3c12. The molecule has 11 aromatic rings. The van der Waals surface area contributed by atoms with Gasteiger partial charge in [0.25, 0.3) is 0 Å². The smallest absolute Gasteiger partial charge is 0.137 e. The molecule has 0 fully saturated rings. The van der Waals surface area contributed by atoms with Gasteiger partial charge in [0.15, 0.2) is 0 Å². The van der Waals surface area contributed by atoms with E-state index in [4.69, 9.17) is 4.42 Å². The minimum Gasteiger partial charge on any atom is -0.456 e. The molecular formula is C51H33NOS. The largest absolute Gasteiger partial charge is 0.456 e. The summed E-state index contributed by atoms with van der Waals surface area (Å²) in [4.78, 5) is 0. The van der Waals surface area contributed by atoms with Crippen LogP contribution in [-0.4, -0.2) is 0 Å². The molecule has 0 radical (unpaired) electrons. The van der Waals surface area contributed by atoms with Crippen molar-refractivity contribution in [2.75, 3.05) is 5.32 Å². The molecule has 0 bridgehead atoms. The zero-order valence-corrected chi connectivity index (χ0v) is 30.4. The first-order valence-electron chi connectivity index (χ1n) is 18.4. The first kappa shape index (κ1) is 30.9. The molecule has 0 spiro atoms. The lowest BCUT2D eigenvalue weighted by Crippen LogP contribution is -1.95. The summed E-state index contributed by atoms with van der Waals surface area (Å²) in [5, 5.41) is 13.8. The monoisotopic (exact) mass is 707 g/mol. The van der Waals surface area contributed by atoms with Gasteiger partial charge < -0.3 is 9.73 Å². The van der Waals surface area contributed by atoms with Gasteiger partial charge in [-0.25, -0.2) is 0 Å². The Kier molecular flexibility index (Phi) is 6.98. The maximum absolute atomic E-state index is 6.62. The van der Waals surface area contributed by atoms with E-state index in [2.05, 4.69) is 188 Å². The second kappa shape index (κ2) is 12.2. The minimum atomic E-state index is 0.862. The molecule has 0 aliphatic heterocycles. The van der Waals surface area contributed by atoms with Crippen molar-refractivity contribution >= 4 is 86.4 Å². The van der Waals surface area contributed by atoms with Crippen molar-refractivity contribution in [3.63, 3.8) is 0 Å². The predicted molar refractivity (Wildman–Crippen MR) is 232 cm³/mol. The Morgan fingerprint density at radius 3 is 1.87 bits per heavy atom. The fourth-order valence-corrected chi connectivity index (χ4v) is 9.85. The normalized spacial score (nSPS) is 11.8. The van der Waals surface area contributed by atoms with E-state index in [1.165, 1.54) is 75.1 Å². The highest BCUT2D eigenvalue weighted by molar-refractivity contribution is 7.26. The molecule has 54 heavy (non-hydrogen) atoms. The first-order valence-corrected chi connectivity index (χ1v) is 19.2. The summed E-state index contributed by atoms with van der Waals surface area (Å²) in [7, 11) is 0. The highest BCUT2D eigenvalue weighted by Gasteiger charge is 2.20. The van der Waals surface area contributed by atoms with Crippen molar-refractivity contribution in [1.82, 2.24) is 0 Å². The maximum Gasteiger partial charge on any atom is 0.137 e. The molecule has 1 N–H and O–H groups in total. The number of hydrogen-bond acceptors (Lipinski definition) is 3. The molecular weight excluding hydrogens is 675 g/mol. The molecule has 0 saturated heterocycles. The third kappa shape index (κ3) is 4.72. The molecule has 2 aromatic heterocycles. The van der Waals surface area contributed by atoms with Gasteiger partial charge in [-0.05, 0) is 92.7 Å². The van der Waals surface area contributed by atoms with Crippen molar-refractivity contribution in [1.29, 1.82) is 0 Å². The molecule has 0 aliphatic rings. The lowest BCUT2D eigenvalue weighted by molar-refractivity contribution is 0.669. The molecule has 3 heteroatoms. The Balaban J connectivity index is 1.09. The van der Waals surface area contributed by atoms with Crippen LogP contribution >= 0.6 is 11.3 Å². The van der Waals surface area contributed by atoms with E-state index < -0.39 is 0 Å². The zero-order valence-electron chi connectivity index (χ0n) is 29.6. The van der Waals surface area contributed by atoms with Gasteiger partial charge >= 0.3 is 0 Å². The summed E-state index contributed by atoms with van der Waals surface area (Å²) in [6.45, 7) is 2.26. The van der Waals surface area contributed by atoms with Crippen LogP contribution in [-0.2, 0) is 0 Å². The van der Waals surface area contributed by atoms with Gasteiger partial charge in [0.2, 0.25) is 0 Å². The van der Waals surface area contributed by atoms with E-state index in [1.807, 2.05) is 11.3 Å². The van der Waals surface area contributed by atoms with Gasteiger partial charge in [0, 0.05) is 42.4 Å². The van der Waals surface area contributed by atoms with Gasteiger partial charge in [-0.15, -0.1) is 11.3 Å². The Morgan fingerprint density at radius 2 is 0.981 bits per heavy atom. The molecule has 254 valence electrons. The lowest BCUT2D eigenvalue weighted by Gasteiger charge is -2.17. The summed E-state index contributed by atoms with van der Waals surface area (Å²) in [6.07, 6.45) is 0. The molecule has 0 aliphatic carbocycles. The summed E-state index contributed by atoms with van der Waals surface area (Å²) in [5.41, 5.74) is 12.3. The summed E-state index contributed by atoms with van der Waals surface area (Å²) in [5.74, 6) is 0. The minimum absolute atomic E-state index is 0.862. The third-order valence-corrected chi connectivity index (χ3v) is 12.3. The van der Waals surface area contributed by atoms with E-state index in [-0.39, 0.29) is 0 Å². The van der Waals surface area contributed by atoms with Gasteiger partial charge in [0.05, 0.1) is 11.1 Å². The van der Waals surface area contributed by atoms with Crippen LogP contribution in [0.5, 0.6) is 0 Å². The third-order valence-electron chi connectivity index (χ3n) is 11.1. The topological polar surface area (TPSA) is 25.2 Å². The van der Waals surface area contributed by atoms with Crippen LogP contribution in [0.3, 0.4) is 0 Å². The van der Waals surface area contributed by atoms with Crippen LogP contribution in [0.1, 0.15) is 5.56 Å². The Morgan fingerprint density at radius 1 is 0.407 bits per heavy atom. The molecule has 2 heterocycles. The van der Waals surface area contributed by atoms with Gasteiger partial charge in [-0.3, -0.25) is 0 Å². The van der Waals surface area contributed by atoms with Crippen LogP contribution < -0.4 is 5.32 Å². The van der Waals surface area contributed by atoms with E-state index in [9.17, 15) is 0 Å². The van der Waals surface area contributed by atoms with Crippen molar-refractivity contribution in [3.05, 3.63) is 181 Å². The molecule has 0 atom stereocenters. The van der Waals surface area contributed by atoms with E-state index >= 15 is 0 Å². The number of hydrogen-bond donors (Lipinski definition) is 1. The number of fused-ring (bicyclic) bond motifs is 9. The van der Waals surface area contributed by atoms with E-state index in [1.54, 1.807) is 0 Å². The standard InChI is InChI=1S/C51H33NOS/c1-31-33(20-10-21-34(31)43-30-32-14-2-3-15-35(32)36-16-4-5-17-37(36)43)40-22-12-27-46-49(40)50-45(26-13-28-47(50)53-46)52-44-25-8-6-18-38(44)41-23-11-24-42-39-19-7-9-29-48(39)54-51(41)42/h2-30,52H,1H3. The van der Waals surface area contributed by atoms with Crippen molar-refractivity contribution in [3.8, 4) is 33.4 Å². The average molecular weight is 708 g/mol. The van der Waals surface area contributed by atoms with Crippen LogP contribution in [0.2, 0.25) is 0 Å². The number of furan rings is 1. The van der Waals surface area contributed by atoms with Crippen LogP contribution in [0.15, 0.2) is 180 Å². The fourth-order valence-electron chi connectivity index (χ4n) is 8.62. The van der Waals surface area contributed by atoms with Crippen LogP contribution in [0, 0.1) is 6.92 Å². The first-order chi connectivity index (χ1) is 26.7. The van der Waals surface area contributed by atoms with Crippen LogP contribution in [0.25, 0.3) is 97.0 Å². The number of anilines is 2. The molecule has 11 rings (SSSR count). The van der Waals surface area contributed by atoms with Crippen molar-refractivity contribution < 1.29 is 4.42 Å². The Hall–Kier alpha value is -6.68. The molecule has 0 amide bonds. The zero-order chi connectivity index (χ0) is 35.8. The quantitative estimate of drug-likeness (QED) is 0.180. The van der Waals surface area contributed by atoms with E-state index in [0.29, 0.717) is 0 Å². The average Bonchev–Trinajstić information content (AvgIpc) is 3.81. The van der Waals surface area contributed by atoms with Crippen molar-refractivity contribution in [2.24, 2.45) is 0 Å². The highest BCUT2D eigenvalue weighted by Crippen LogP contribution is 2.46. The number of thiophene rings is 1. The number of para-hydroxylation sites is 1. The summed E-state index contributed by atoms with van der Waals surface area (Å²) in [6, 6.07) is 63.4. The lowest BCUT2D eigenvalue weighted by atomic mass is 9.87. The predicted octanol–water partition coefficient (Wildman–Crippen LogP) is 15.3. The highest BCUT2D eigenvalue weighted by atomic mass is 32.1. The second-order valence-electron chi connectivity index (χ2n) is 14.1. The van der Waals surface area contributed by atoms with Gasteiger partial charge in [-0.1, -0.05) is 140 Å². The van der Waals surface area contributed by atoms with Gasteiger partial charge in [-0.2, -0.15) is 0 Å². The fraction of sp³-hybridized carbons (Fsp3) is 0.0196. The molecule has 0 unspecified atom stereocenters. The molecule has 9 aromatic carbocycles. The summed E-state index contributed by atoms with van der Waals surface area (Å²) < 4.78 is 9.23. The van der Waals surface area contributed by atoms with Crippen molar-refractivity contribution in [2.45, 2.75) is 6.92 Å². The number of benzene rings is 9. The van der Waals surface area contributed by atoms with Gasteiger partial charge in [0.1, 0.15) is 11.2 Å². The number of rotatable bonds is 5.